The second-order valence-corrected chi connectivity index (χ2v) is 7.30. The summed E-state index contributed by atoms with van der Waals surface area (Å²) in [4.78, 5) is 18.0. The van der Waals surface area contributed by atoms with Gasteiger partial charge in [-0.2, -0.15) is 0 Å². The molecule has 1 N–H and O–H groups in total. The maximum absolute atomic E-state index is 12.3. The van der Waals surface area contributed by atoms with E-state index in [1.165, 1.54) is 4.90 Å². The van der Waals surface area contributed by atoms with Gasteiger partial charge < -0.3 is 24.0 Å². The van der Waals surface area contributed by atoms with Crippen molar-refractivity contribution in [1.82, 2.24) is 14.5 Å². The van der Waals surface area contributed by atoms with Crippen LogP contribution in [-0.4, -0.2) is 57.6 Å². The number of halogens is 1. The number of carbonyl (C=O) groups is 1. The molecule has 7 nitrogen and oxygen atoms in total. The molecule has 0 bridgehead atoms. The molecule has 1 fully saturated rings. The molecule has 0 radical (unpaired) electrons. The number of hydrogen-bond acceptors (Lipinski definition) is 5. The molecule has 1 aliphatic rings. The van der Waals surface area contributed by atoms with Crippen LogP contribution < -0.4 is 0 Å². The first kappa shape index (κ1) is 17.2. The third kappa shape index (κ3) is 3.99. The first-order valence-electron chi connectivity index (χ1n) is 7.08. The predicted octanol–water partition coefficient (Wildman–Crippen LogP) is 1.64. The zero-order chi connectivity index (χ0) is 16.5. The standard InChI is InChI=1S/C14H22BrN3O4/c1-13(2,3)22-12(19)18-5-6-21-9-14(20,8-18)11-16-10(15)7-17(11)4/h7,20H,5-6,8-9H2,1-4H3. The van der Waals surface area contributed by atoms with E-state index in [4.69, 9.17) is 9.47 Å². The van der Waals surface area contributed by atoms with Crippen molar-refractivity contribution in [2.45, 2.75) is 32.0 Å². The SMILES string of the molecule is Cn1cc(Br)nc1C1(O)COCCN(C(=O)OC(C)(C)C)C1. The first-order chi connectivity index (χ1) is 10.1. The number of rotatable bonds is 1. The molecule has 1 aromatic rings. The Morgan fingerprint density at radius 1 is 1.55 bits per heavy atom. The molecule has 1 unspecified atom stereocenters. The van der Waals surface area contributed by atoms with Crippen molar-refractivity contribution < 1.29 is 19.4 Å². The molecular weight excluding hydrogens is 354 g/mol. The molecule has 1 atom stereocenters. The van der Waals surface area contributed by atoms with E-state index in [1.807, 2.05) is 0 Å². The van der Waals surface area contributed by atoms with E-state index in [0.717, 1.165) is 0 Å². The summed E-state index contributed by atoms with van der Waals surface area (Å²) in [5, 5.41) is 11.0. The molecule has 1 aromatic heterocycles. The van der Waals surface area contributed by atoms with Crippen molar-refractivity contribution >= 4 is 22.0 Å². The van der Waals surface area contributed by atoms with Crippen molar-refractivity contribution in [3.05, 3.63) is 16.6 Å². The Bertz CT molecular complexity index is 555. The summed E-state index contributed by atoms with van der Waals surface area (Å²) in [6.07, 6.45) is 1.28. The molecule has 1 saturated heterocycles. The Morgan fingerprint density at radius 3 is 2.77 bits per heavy atom. The lowest BCUT2D eigenvalue weighted by atomic mass is 10.0. The van der Waals surface area contributed by atoms with Crippen LogP contribution in [0.2, 0.25) is 0 Å². The summed E-state index contributed by atoms with van der Waals surface area (Å²) >= 11 is 3.29. The van der Waals surface area contributed by atoms with Crippen LogP contribution in [0.4, 0.5) is 4.79 Å². The lowest BCUT2D eigenvalue weighted by Crippen LogP contribution is -2.47. The van der Waals surface area contributed by atoms with Crippen LogP contribution in [0.15, 0.2) is 10.8 Å². The predicted molar refractivity (Wildman–Crippen MR) is 83.4 cm³/mol. The fraction of sp³-hybridized carbons (Fsp3) is 0.714. The van der Waals surface area contributed by atoms with Crippen LogP contribution >= 0.6 is 15.9 Å². The second kappa shape index (κ2) is 6.17. The minimum Gasteiger partial charge on any atom is -0.444 e. The van der Waals surface area contributed by atoms with Crippen molar-refractivity contribution in [3.8, 4) is 0 Å². The minimum absolute atomic E-state index is 0.0687. The Kier molecular flexibility index (Phi) is 4.84. The fourth-order valence-electron chi connectivity index (χ4n) is 2.34. The number of ether oxygens (including phenoxy) is 2. The molecule has 8 heteroatoms. The molecule has 0 spiro atoms. The van der Waals surface area contributed by atoms with Crippen molar-refractivity contribution in [2.75, 3.05) is 26.3 Å². The average molecular weight is 376 g/mol. The number of imidazole rings is 1. The van der Waals surface area contributed by atoms with Gasteiger partial charge in [0.15, 0.2) is 5.60 Å². The van der Waals surface area contributed by atoms with E-state index in [0.29, 0.717) is 23.6 Å². The lowest BCUT2D eigenvalue weighted by molar-refractivity contribution is -0.0518. The topological polar surface area (TPSA) is 76.8 Å². The van der Waals surface area contributed by atoms with Gasteiger partial charge >= 0.3 is 6.09 Å². The highest BCUT2D eigenvalue weighted by Crippen LogP contribution is 2.26. The first-order valence-corrected chi connectivity index (χ1v) is 7.87. The summed E-state index contributed by atoms with van der Waals surface area (Å²) in [6.45, 7) is 6.27. The van der Waals surface area contributed by atoms with Crippen molar-refractivity contribution in [1.29, 1.82) is 0 Å². The largest absolute Gasteiger partial charge is 0.444 e. The summed E-state index contributed by atoms with van der Waals surface area (Å²) < 4.78 is 13.2. The normalized spacial score (nSPS) is 23.3. The van der Waals surface area contributed by atoms with Gasteiger partial charge in [0.1, 0.15) is 16.0 Å². The molecule has 1 aliphatic heterocycles. The van der Waals surface area contributed by atoms with Crippen LogP contribution in [0.25, 0.3) is 0 Å². The Hall–Kier alpha value is -1.12. The number of nitrogens with zero attached hydrogens (tertiary/aromatic N) is 3. The van der Waals surface area contributed by atoms with Crippen LogP contribution in [0.5, 0.6) is 0 Å². The van der Waals surface area contributed by atoms with Crippen LogP contribution in [0, 0.1) is 0 Å². The Labute approximate surface area is 138 Å². The van der Waals surface area contributed by atoms with Gasteiger partial charge in [-0.25, -0.2) is 9.78 Å². The maximum Gasteiger partial charge on any atom is 0.410 e. The molecule has 1 amide bonds. The smallest absolute Gasteiger partial charge is 0.410 e. The van der Waals surface area contributed by atoms with E-state index >= 15 is 0 Å². The highest BCUT2D eigenvalue weighted by molar-refractivity contribution is 9.10. The van der Waals surface area contributed by atoms with E-state index < -0.39 is 17.3 Å². The molecule has 0 aliphatic carbocycles. The molecule has 22 heavy (non-hydrogen) atoms. The summed E-state index contributed by atoms with van der Waals surface area (Å²) in [6, 6.07) is 0. The van der Waals surface area contributed by atoms with Crippen LogP contribution in [0.3, 0.4) is 0 Å². The Balaban J connectivity index is 2.22. The van der Waals surface area contributed by atoms with Gasteiger partial charge in [0.25, 0.3) is 0 Å². The van der Waals surface area contributed by atoms with E-state index in [9.17, 15) is 9.90 Å². The number of hydrogen-bond donors (Lipinski definition) is 1. The number of amides is 1. The highest BCUT2D eigenvalue weighted by atomic mass is 79.9. The zero-order valence-corrected chi connectivity index (χ0v) is 14.9. The molecule has 124 valence electrons. The van der Waals surface area contributed by atoms with Crippen molar-refractivity contribution in [3.63, 3.8) is 0 Å². The molecule has 2 heterocycles. The van der Waals surface area contributed by atoms with Gasteiger partial charge in [-0.3, -0.25) is 0 Å². The maximum atomic E-state index is 12.3. The summed E-state index contributed by atoms with van der Waals surface area (Å²) in [7, 11) is 1.79. The van der Waals surface area contributed by atoms with Gasteiger partial charge in [-0.1, -0.05) is 0 Å². The number of β-amino-alcohol motifs (C(OH)–C–C–N with tert-alkyl or cyclic N) is 1. The molecular formula is C14H22BrN3O4. The van der Waals surface area contributed by atoms with E-state index in [2.05, 4.69) is 20.9 Å². The average Bonchev–Trinajstić information content (AvgIpc) is 2.58. The third-order valence-electron chi connectivity index (χ3n) is 3.21. The minimum atomic E-state index is -1.38. The number of aryl methyl sites for hydroxylation is 1. The highest BCUT2D eigenvalue weighted by Gasteiger charge is 2.40. The number of aromatic nitrogens is 2. The Morgan fingerprint density at radius 2 is 2.23 bits per heavy atom. The van der Waals surface area contributed by atoms with Gasteiger partial charge in [-0.05, 0) is 36.7 Å². The number of aliphatic hydroxyl groups is 1. The van der Waals surface area contributed by atoms with Gasteiger partial charge in [0, 0.05) is 19.8 Å². The van der Waals surface area contributed by atoms with E-state index in [-0.39, 0.29) is 13.2 Å². The van der Waals surface area contributed by atoms with Crippen LogP contribution in [-0.2, 0) is 22.1 Å². The van der Waals surface area contributed by atoms with E-state index in [1.54, 1.807) is 38.6 Å². The third-order valence-corrected chi connectivity index (χ3v) is 3.60. The molecule has 0 saturated carbocycles. The van der Waals surface area contributed by atoms with Gasteiger partial charge in [0.05, 0.1) is 19.8 Å². The van der Waals surface area contributed by atoms with Crippen LogP contribution in [0.1, 0.15) is 26.6 Å². The lowest BCUT2D eigenvalue weighted by Gasteiger charge is -2.31. The molecule has 0 aromatic carbocycles. The summed E-state index contributed by atoms with van der Waals surface area (Å²) in [5.74, 6) is 0.440. The monoisotopic (exact) mass is 375 g/mol. The second-order valence-electron chi connectivity index (χ2n) is 6.48. The van der Waals surface area contributed by atoms with Gasteiger partial charge in [0.2, 0.25) is 0 Å². The van der Waals surface area contributed by atoms with Crippen molar-refractivity contribution in [2.24, 2.45) is 7.05 Å². The molecule has 2 rings (SSSR count). The van der Waals surface area contributed by atoms with Gasteiger partial charge in [-0.15, -0.1) is 0 Å². The fourth-order valence-corrected chi connectivity index (χ4v) is 2.81. The number of carbonyl (C=O) groups excluding carboxylic acids is 1. The quantitative estimate of drug-likeness (QED) is 0.807. The zero-order valence-electron chi connectivity index (χ0n) is 13.3. The summed E-state index contributed by atoms with van der Waals surface area (Å²) in [5.41, 5.74) is -1.97.